The lowest BCUT2D eigenvalue weighted by Gasteiger charge is -2.40. The van der Waals surface area contributed by atoms with E-state index in [2.05, 4.69) is 117 Å². The maximum atomic E-state index is 15.5. The van der Waals surface area contributed by atoms with Crippen LogP contribution in [0.3, 0.4) is 0 Å². The quantitative estimate of drug-likeness (QED) is 0.0688. The number of ether oxygens (including phenoxy) is 2. The van der Waals surface area contributed by atoms with Crippen LogP contribution in [0.15, 0.2) is 158 Å². The van der Waals surface area contributed by atoms with E-state index in [0.29, 0.717) is 0 Å². The molecule has 0 aliphatic heterocycles. The van der Waals surface area contributed by atoms with Gasteiger partial charge in [0.05, 0.1) is 11.1 Å². The summed E-state index contributed by atoms with van der Waals surface area (Å²) in [7, 11) is -2.43. The molecule has 8 rings (SSSR count). The van der Waals surface area contributed by atoms with E-state index in [-0.39, 0.29) is 36.7 Å². The Morgan fingerprint density at radius 1 is 0.493 bits per heavy atom. The molecule has 0 saturated carbocycles. The Labute approximate surface area is 423 Å². The highest BCUT2D eigenvalue weighted by atomic mass is 28.4. The molecule has 2 aliphatic rings. The van der Waals surface area contributed by atoms with Crippen molar-refractivity contribution < 1.29 is 28.3 Å². The summed E-state index contributed by atoms with van der Waals surface area (Å²) in [6.07, 6.45) is 0.218. The summed E-state index contributed by atoms with van der Waals surface area (Å²) in [6, 6.07) is 51.8. The monoisotopic (exact) mass is 969 g/mol. The first-order valence-corrected chi connectivity index (χ1v) is 28.1. The number of esters is 2. The van der Waals surface area contributed by atoms with Gasteiger partial charge in [0.25, 0.3) is 0 Å². The molecule has 0 amide bonds. The SMILES string of the molecule is CC(C)(C)OC(=O)[C@H](CCC(=O)[C@H](CO[Si](C)(C)C(C)(C)C)C[C@H](NC1(c2ccccc2)c2ccccc2-c2ccccc21)C(=O)OC(C)(C)C)NC1(c2ccccc2)c2ccccc2-c2ccccc21. The van der Waals surface area contributed by atoms with Crippen molar-refractivity contribution in [2.75, 3.05) is 6.61 Å². The fourth-order valence-electron chi connectivity index (χ4n) is 10.3. The van der Waals surface area contributed by atoms with Crippen molar-refractivity contribution in [1.82, 2.24) is 10.6 Å². The van der Waals surface area contributed by atoms with Gasteiger partial charge in [-0.05, 0) is 128 Å². The molecule has 9 heteroatoms. The summed E-state index contributed by atoms with van der Waals surface area (Å²) >= 11 is 0. The zero-order chi connectivity index (χ0) is 51.0. The molecule has 370 valence electrons. The third kappa shape index (κ3) is 10.4. The van der Waals surface area contributed by atoms with Gasteiger partial charge in [-0.15, -0.1) is 0 Å². The lowest BCUT2D eigenvalue weighted by atomic mass is 9.79. The summed E-state index contributed by atoms with van der Waals surface area (Å²) in [6.45, 7) is 22.2. The molecule has 6 aromatic rings. The fourth-order valence-corrected chi connectivity index (χ4v) is 11.3. The van der Waals surface area contributed by atoms with Crippen LogP contribution in [0.4, 0.5) is 0 Å². The highest BCUT2D eigenvalue weighted by Gasteiger charge is 2.50. The molecule has 6 aromatic carbocycles. The molecular weight excluding hydrogens is 897 g/mol. The van der Waals surface area contributed by atoms with Crippen molar-refractivity contribution in [1.29, 1.82) is 0 Å². The molecular formula is C62H72N2O6Si. The number of carbonyl (C=O) groups is 3. The summed E-state index contributed by atoms with van der Waals surface area (Å²) in [5, 5.41) is 7.67. The molecule has 0 saturated heterocycles. The van der Waals surface area contributed by atoms with Gasteiger partial charge in [-0.25, -0.2) is 0 Å². The number of carbonyl (C=O) groups excluding carboxylic acids is 3. The van der Waals surface area contributed by atoms with Gasteiger partial charge < -0.3 is 13.9 Å². The summed E-state index contributed by atoms with van der Waals surface area (Å²) in [4.78, 5) is 45.3. The predicted molar refractivity (Wildman–Crippen MR) is 287 cm³/mol. The van der Waals surface area contributed by atoms with E-state index < -0.39 is 60.5 Å². The number of ketones is 1. The van der Waals surface area contributed by atoms with Crippen molar-refractivity contribution in [3.8, 4) is 22.3 Å². The summed E-state index contributed by atoms with van der Waals surface area (Å²) < 4.78 is 19.5. The molecule has 0 unspecified atom stereocenters. The summed E-state index contributed by atoms with van der Waals surface area (Å²) in [5.41, 5.74) is 6.70. The number of fused-ring (bicyclic) bond motifs is 6. The van der Waals surface area contributed by atoms with Crippen molar-refractivity contribution in [2.45, 2.75) is 134 Å². The molecule has 8 nitrogen and oxygen atoms in total. The Morgan fingerprint density at radius 3 is 1.20 bits per heavy atom. The first-order chi connectivity index (χ1) is 33.6. The molecule has 0 aromatic heterocycles. The van der Waals surface area contributed by atoms with Gasteiger partial charge in [-0.2, -0.15) is 0 Å². The fraction of sp³-hybridized carbons (Fsp3) is 0.371. The van der Waals surface area contributed by atoms with Crippen LogP contribution in [-0.4, -0.2) is 55.9 Å². The van der Waals surface area contributed by atoms with Crippen LogP contribution in [0.1, 0.15) is 115 Å². The molecule has 0 bridgehead atoms. The van der Waals surface area contributed by atoms with E-state index in [1.165, 1.54) is 0 Å². The van der Waals surface area contributed by atoms with Gasteiger partial charge >= 0.3 is 11.9 Å². The Balaban J connectivity index is 1.21. The minimum absolute atomic E-state index is 0.00708. The zero-order valence-corrected chi connectivity index (χ0v) is 44.5. The van der Waals surface area contributed by atoms with Crippen LogP contribution in [0.25, 0.3) is 22.3 Å². The minimum atomic E-state index is -2.43. The van der Waals surface area contributed by atoms with Gasteiger partial charge in [-0.1, -0.05) is 178 Å². The van der Waals surface area contributed by atoms with E-state index in [0.717, 1.165) is 55.6 Å². The van der Waals surface area contributed by atoms with Crippen LogP contribution in [0, 0.1) is 5.92 Å². The van der Waals surface area contributed by atoms with E-state index in [1.54, 1.807) is 0 Å². The third-order valence-corrected chi connectivity index (χ3v) is 19.1. The van der Waals surface area contributed by atoms with E-state index in [4.69, 9.17) is 13.9 Å². The van der Waals surface area contributed by atoms with Crippen LogP contribution in [-0.2, 0) is 39.4 Å². The highest BCUT2D eigenvalue weighted by molar-refractivity contribution is 6.74. The Bertz CT molecular complexity index is 2780. The van der Waals surface area contributed by atoms with Gasteiger partial charge in [0.2, 0.25) is 0 Å². The molecule has 2 N–H and O–H groups in total. The third-order valence-electron chi connectivity index (χ3n) is 14.6. The average Bonchev–Trinajstić information content (AvgIpc) is 3.78. The van der Waals surface area contributed by atoms with Gasteiger partial charge in [0, 0.05) is 18.9 Å². The van der Waals surface area contributed by atoms with Crippen LogP contribution in [0.2, 0.25) is 18.1 Å². The molecule has 0 heterocycles. The average molecular weight is 969 g/mol. The van der Waals surface area contributed by atoms with Crippen molar-refractivity contribution in [3.05, 3.63) is 191 Å². The van der Waals surface area contributed by atoms with Gasteiger partial charge in [0.1, 0.15) is 29.1 Å². The maximum Gasteiger partial charge on any atom is 0.323 e. The Hall–Kier alpha value is -5.97. The largest absolute Gasteiger partial charge is 0.459 e. The number of nitrogens with one attached hydrogen (secondary N) is 2. The lowest BCUT2D eigenvalue weighted by molar-refractivity contribution is -0.159. The first-order valence-electron chi connectivity index (χ1n) is 25.2. The number of hydrogen-bond donors (Lipinski definition) is 2. The van der Waals surface area contributed by atoms with Crippen molar-refractivity contribution in [3.63, 3.8) is 0 Å². The van der Waals surface area contributed by atoms with Gasteiger partial charge in [-0.3, -0.25) is 25.0 Å². The Morgan fingerprint density at radius 2 is 0.831 bits per heavy atom. The number of Topliss-reactive ketones (excluding diaryl/α,β-unsaturated/α-hetero) is 1. The first kappa shape index (κ1) is 51.4. The highest BCUT2D eigenvalue weighted by Crippen LogP contribution is 2.53. The van der Waals surface area contributed by atoms with Crippen LogP contribution in [0.5, 0.6) is 0 Å². The topological polar surface area (TPSA) is 103 Å². The number of rotatable bonds is 17. The van der Waals surface area contributed by atoms with Crippen molar-refractivity contribution in [2.24, 2.45) is 5.92 Å². The standard InChI is InChI=1S/C62H72N2O6Si/c1-58(2,3)69-56(66)53(63-61(43-26-14-12-15-27-43)49-34-22-18-30-45(49)46-31-19-23-35-50(46)61)38-39-55(65)42(41-68-71(10,11)60(7,8)9)40-54(57(67)70-59(4,5)6)64-62(44-28-16-13-17-29-44)51-36-24-20-32-47(51)48-33-21-25-37-52(48)62/h12-37,42,53-54,63-64H,38-41H2,1-11H3/t42-,53-,54-/m0/s1. The number of benzene rings is 6. The molecule has 71 heavy (non-hydrogen) atoms. The predicted octanol–water partition coefficient (Wildman–Crippen LogP) is 12.9. The second-order valence-electron chi connectivity index (χ2n) is 22.9. The second-order valence-corrected chi connectivity index (χ2v) is 27.7. The van der Waals surface area contributed by atoms with E-state index in [1.807, 2.05) is 126 Å². The van der Waals surface area contributed by atoms with E-state index in [9.17, 15) is 4.79 Å². The van der Waals surface area contributed by atoms with Crippen LogP contribution < -0.4 is 10.6 Å². The molecule has 2 aliphatic carbocycles. The number of hydrogen-bond acceptors (Lipinski definition) is 8. The van der Waals surface area contributed by atoms with Crippen LogP contribution >= 0.6 is 0 Å². The second kappa shape index (κ2) is 19.9. The molecule has 0 spiro atoms. The van der Waals surface area contributed by atoms with Crippen molar-refractivity contribution >= 4 is 26.0 Å². The smallest absolute Gasteiger partial charge is 0.323 e. The Kier molecular flexibility index (Phi) is 14.4. The molecule has 0 radical (unpaired) electrons. The summed E-state index contributed by atoms with van der Waals surface area (Å²) in [5.74, 6) is -1.79. The maximum absolute atomic E-state index is 15.5. The minimum Gasteiger partial charge on any atom is -0.459 e. The van der Waals surface area contributed by atoms with E-state index >= 15 is 9.59 Å². The molecule has 3 atom stereocenters. The lowest BCUT2D eigenvalue weighted by Crippen LogP contribution is -2.54. The van der Waals surface area contributed by atoms with Gasteiger partial charge in [0.15, 0.2) is 8.32 Å². The molecule has 0 fully saturated rings. The zero-order valence-electron chi connectivity index (χ0n) is 43.5. The normalized spacial score (nSPS) is 15.9.